The Balaban J connectivity index is 1.52. The van der Waals surface area contributed by atoms with Crippen LogP contribution in [0.25, 0.3) is 0 Å². The molecule has 51 heavy (non-hydrogen) atoms. The van der Waals surface area contributed by atoms with Gasteiger partial charge in [-0.1, -0.05) is 71.4 Å². The minimum absolute atomic E-state index is 0.0220. The molecule has 0 radical (unpaired) electrons. The molecule has 1 saturated carbocycles. The fraction of sp³-hybridized carbons (Fsp3) is 0.568. The Morgan fingerprint density at radius 1 is 0.863 bits per heavy atom. The van der Waals surface area contributed by atoms with Crippen molar-refractivity contribution >= 4 is 35.3 Å². The van der Waals surface area contributed by atoms with Crippen LogP contribution in [0.15, 0.2) is 48.9 Å². The molecule has 2 aromatic rings. The summed E-state index contributed by atoms with van der Waals surface area (Å²) in [5, 5.41) is 10.9. The molecule has 2 aliphatic rings. The number of alkyl halides is 1. The van der Waals surface area contributed by atoms with Crippen molar-refractivity contribution in [2.45, 2.75) is 104 Å². The number of rotatable bonds is 15. The van der Waals surface area contributed by atoms with Crippen molar-refractivity contribution in [3.8, 4) is 0 Å². The standard InChI is InChI=1S/C37H50FN7O6/c1-7-11-27(32(46)36(50)41-22(6)23-12-9-8-10-13-23)42-35(49)31-24-14-15-26(38)25(24)19-45(31)37(51)30(21(4)5)44-34(48)29(20(2)3)43-33(47)28-18-39-16-17-40-28/h8-10,12-13,16-18,20-22,24-27,29-31H,7,11,14-15,19H2,1-6H3,(H,41,50)(H,42,49)(H,43,47)(H,44,48)/t22-,24-,25-,26-,27-,29-,30-,31-/m0/s1. The first-order valence-corrected chi connectivity index (χ1v) is 17.8. The van der Waals surface area contributed by atoms with Gasteiger partial charge in [-0.15, -0.1) is 0 Å². The molecule has 1 aromatic heterocycles. The summed E-state index contributed by atoms with van der Waals surface area (Å²) in [4.78, 5) is 90.5. The fourth-order valence-corrected chi connectivity index (χ4v) is 6.99. The number of carbonyl (C=O) groups excluding carboxylic acids is 6. The zero-order chi connectivity index (χ0) is 37.4. The summed E-state index contributed by atoms with van der Waals surface area (Å²) in [6.07, 6.45) is 4.08. The number of likely N-dealkylation sites (tertiary alicyclic amines) is 1. The molecule has 13 nitrogen and oxygen atoms in total. The van der Waals surface area contributed by atoms with Crippen LogP contribution in [0.3, 0.4) is 0 Å². The van der Waals surface area contributed by atoms with Crippen LogP contribution in [0.2, 0.25) is 0 Å². The van der Waals surface area contributed by atoms with Gasteiger partial charge in [0.15, 0.2) is 0 Å². The van der Waals surface area contributed by atoms with Crippen LogP contribution in [0.4, 0.5) is 4.39 Å². The Labute approximate surface area is 298 Å². The average molecular weight is 708 g/mol. The SMILES string of the molecule is CCC[C@H](NC(=O)[C@@H]1[C@H]2CC[C@H](F)[C@H]2CN1C(=O)[C@@H](NC(=O)[C@@H](NC(=O)c1cnccn1)C(C)C)C(C)C)C(=O)C(=O)N[C@@H](C)c1ccccc1. The van der Waals surface area contributed by atoms with E-state index in [1.807, 2.05) is 37.3 Å². The van der Waals surface area contributed by atoms with E-state index < -0.39 is 89.5 Å². The number of nitrogens with zero attached hydrogens (tertiary/aromatic N) is 3. The predicted molar refractivity (Wildman–Crippen MR) is 186 cm³/mol. The molecule has 1 aliphatic heterocycles. The van der Waals surface area contributed by atoms with Crippen molar-refractivity contribution in [3.05, 3.63) is 60.2 Å². The average Bonchev–Trinajstić information content (AvgIpc) is 3.68. The van der Waals surface area contributed by atoms with Gasteiger partial charge in [-0.3, -0.25) is 33.8 Å². The number of benzene rings is 1. The smallest absolute Gasteiger partial charge is 0.290 e. The lowest BCUT2D eigenvalue weighted by atomic mass is 9.92. The van der Waals surface area contributed by atoms with E-state index in [-0.39, 0.29) is 31.0 Å². The van der Waals surface area contributed by atoms with E-state index in [1.54, 1.807) is 34.6 Å². The molecule has 2 heterocycles. The second-order valence-electron chi connectivity index (χ2n) is 14.2. The first-order valence-electron chi connectivity index (χ1n) is 17.8. The maximum absolute atomic E-state index is 15.2. The van der Waals surface area contributed by atoms with E-state index in [0.29, 0.717) is 12.8 Å². The van der Waals surface area contributed by atoms with E-state index >= 15 is 4.39 Å². The normalized spacial score (nSPS) is 22.0. The molecule has 8 atom stereocenters. The largest absolute Gasteiger partial charge is 0.344 e. The number of hydrogen-bond donors (Lipinski definition) is 4. The van der Waals surface area contributed by atoms with Crippen LogP contribution in [0, 0.1) is 23.7 Å². The number of aromatic nitrogens is 2. The summed E-state index contributed by atoms with van der Waals surface area (Å²) in [5.74, 6) is -6.02. The van der Waals surface area contributed by atoms with Crippen LogP contribution in [0.1, 0.15) is 89.3 Å². The number of carbonyl (C=O) groups is 6. The fourth-order valence-electron chi connectivity index (χ4n) is 6.99. The quantitative estimate of drug-likeness (QED) is 0.204. The number of hydrogen-bond acceptors (Lipinski definition) is 8. The Morgan fingerprint density at radius 2 is 1.55 bits per heavy atom. The van der Waals surface area contributed by atoms with Crippen molar-refractivity contribution in [2.24, 2.45) is 23.7 Å². The van der Waals surface area contributed by atoms with Crippen molar-refractivity contribution in [1.29, 1.82) is 0 Å². The van der Waals surface area contributed by atoms with Gasteiger partial charge in [0, 0.05) is 24.9 Å². The van der Waals surface area contributed by atoms with Crippen LogP contribution in [-0.4, -0.2) is 87.1 Å². The number of fused-ring (bicyclic) bond motifs is 1. The maximum Gasteiger partial charge on any atom is 0.290 e. The van der Waals surface area contributed by atoms with Crippen molar-refractivity contribution in [3.63, 3.8) is 0 Å². The maximum atomic E-state index is 15.2. The van der Waals surface area contributed by atoms with Crippen molar-refractivity contribution < 1.29 is 33.2 Å². The van der Waals surface area contributed by atoms with E-state index in [2.05, 4.69) is 31.2 Å². The molecule has 1 saturated heterocycles. The predicted octanol–water partition coefficient (Wildman–Crippen LogP) is 2.68. The highest BCUT2D eigenvalue weighted by atomic mass is 19.1. The molecule has 14 heteroatoms. The molecule has 2 fully saturated rings. The lowest BCUT2D eigenvalue weighted by Crippen LogP contribution is -2.60. The number of Topliss-reactive ketones (excluding diaryl/α,β-unsaturated/α-hetero) is 1. The Kier molecular flexibility index (Phi) is 13.4. The minimum Gasteiger partial charge on any atom is -0.344 e. The van der Waals surface area contributed by atoms with E-state index in [1.165, 1.54) is 23.5 Å². The summed E-state index contributed by atoms with van der Waals surface area (Å²) in [5.41, 5.74) is 0.830. The van der Waals surface area contributed by atoms with Gasteiger partial charge in [0.2, 0.25) is 23.5 Å². The number of ketones is 1. The summed E-state index contributed by atoms with van der Waals surface area (Å²) in [6.45, 7) is 10.5. The third-order valence-electron chi connectivity index (χ3n) is 9.83. The molecule has 0 bridgehead atoms. The van der Waals surface area contributed by atoms with Gasteiger partial charge < -0.3 is 26.2 Å². The molecular weight excluding hydrogens is 657 g/mol. The summed E-state index contributed by atoms with van der Waals surface area (Å²) < 4.78 is 15.2. The van der Waals surface area contributed by atoms with Gasteiger partial charge in [-0.05, 0) is 49.5 Å². The summed E-state index contributed by atoms with van der Waals surface area (Å²) in [7, 11) is 0. The lowest BCUT2D eigenvalue weighted by molar-refractivity contribution is -0.145. The summed E-state index contributed by atoms with van der Waals surface area (Å²) >= 11 is 0. The highest BCUT2D eigenvalue weighted by Crippen LogP contribution is 2.44. The van der Waals surface area contributed by atoms with Crippen LogP contribution in [-0.2, 0) is 24.0 Å². The molecule has 4 rings (SSSR count). The van der Waals surface area contributed by atoms with E-state index in [9.17, 15) is 28.8 Å². The lowest BCUT2D eigenvalue weighted by Gasteiger charge is -2.34. The van der Waals surface area contributed by atoms with Gasteiger partial charge in [-0.2, -0.15) is 0 Å². The van der Waals surface area contributed by atoms with E-state index in [0.717, 1.165) is 5.56 Å². The second kappa shape index (κ2) is 17.5. The molecule has 4 N–H and O–H groups in total. The monoisotopic (exact) mass is 707 g/mol. The molecule has 0 unspecified atom stereocenters. The molecule has 276 valence electrons. The van der Waals surface area contributed by atoms with Crippen LogP contribution in [0.5, 0.6) is 0 Å². The molecule has 0 spiro atoms. The zero-order valence-electron chi connectivity index (χ0n) is 30.1. The van der Waals surface area contributed by atoms with Gasteiger partial charge >= 0.3 is 0 Å². The van der Waals surface area contributed by atoms with E-state index in [4.69, 9.17) is 0 Å². The summed E-state index contributed by atoms with van der Waals surface area (Å²) in [6, 6.07) is 4.27. The molecule has 1 aliphatic carbocycles. The Morgan fingerprint density at radius 3 is 2.16 bits per heavy atom. The first kappa shape index (κ1) is 39.0. The third kappa shape index (κ3) is 9.33. The van der Waals surface area contributed by atoms with Crippen LogP contribution >= 0.6 is 0 Å². The highest BCUT2D eigenvalue weighted by molar-refractivity contribution is 6.38. The number of amides is 5. The Bertz CT molecular complexity index is 1560. The van der Waals surface area contributed by atoms with Gasteiger partial charge in [-0.25, -0.2) is 9.37 Å². The van der Waals surface area contributed by atoms with Crippen molar-refractivity contribution in [1.82, 2.24) is 36.1 Å². The van der Waals surface area contributed by atoms with Gasteiger partial charge in [0.1, 0.15) is 30.0 Å². The van der Waals surface area contributed by atoms with Gasteiger partial charge in [0.25, 0.3) is 11.8 Å². The Hall–Kier alpha value is -4.75. The minimum atomic E-state index is -1.23. The molecule has 1 aromatic carbocycles. The number of halogens is 1. The molecule has 5 amide bonds. The highest BCUT2D eigenvalue weighted by Gasteiger charge is 2.55. The third-order valence-corrected chi connectivity index (χ3v) is 9.83. The second-order valence-corrected chi connectivity index (χ2v) is 14.2. The molecular formula is C37H50FN7O6. The van der Waals surface area contributed by atoms with Crippen LogP contribution < -0.4 is 21.3 Å². The number of nitrogens with one attached hydrogen (secondary N) is 4. The van der Waals surface area contributed by atoms with Crippen molar-refractivity contribution in [2.75, 3.05) is 6.54 Å². The topological polar surface area (TPSA) is 180 Å². The van der Waals surface area contributed by atoms with Gasteiger partial charge in [0.05, 0.1) is 18.3 Å². The first-order chi connectivity index (χ1) is 24.2. The zero-order valence-corrected chi connectivity index (χ0v) is 30.1.